The summed E-state index contributed by atoms with van der Waals surface area (Å²) in [5, 5.41) is 12.1. The van der Waals surface area contributed by atoms with Crippen molar-refractivity contribution in [3.63, 3.8) is 0 Å². The second-order valence-corrected chi connectivity index (χ2v) is 4.89. The van der Waals surface area contributed by atoms with Crippen molar-refractivity contribution in [2.24, 2.45) is 5.41 Å². The molecule has 0 aliphatic heterocycles. The SMILES string of the molecule is N#CCC1(CNCCc2ccc(F)cc2)CC1. The van der Waals surface area contributed by atoms with Crippen LogP contribution in [0.1, 0.15) is 24.8 Å². The monoisotopic (exact) mass is 232 g/mol. The summed E-state index contributed by atoms with van der Waals surface area (Å²) in [6.07, 6.45) is 3.91. The maximum absolute atomic E-state index is 12.7. The molecule has 17 heavy (non-hydrogen) atoms. The van der Waals surface area contributed by atoms with E-state index < -0.39 is 0 Å². The van der Waals surface area contributed by atoms with Gasteiger partial charge in [-0.3, -0.25) is 0 Å². The van der Waals surface area contributed by atoms with Gasteiger partial charge < -0.3 is 5.32 Å². The molecule has 0 saturated heterocycles. The van der Waals surface area contributed by atoms with Gasteiger partial charge in [-0.1, -0.05) is 12.1 Å². The van der Waals surface area contributed by atoms with Crippen molar-refractivity contribution in [1.29, 1.82) is 5.26 Å². The molecule has 90 valence electrons. The summed E-state index contributed by atoms with van der Waals surface area (Å²) in [6, 6.07) is 8.88. The first kappa shape index (κ1) is 12.1. The van der Waals surface area contributed by atoms with E-state index in [9.17, 15) is 4.39 Å². The standard InChI is InChI=1S/C14H17FN2/c15-13-3-1-12(2-4-13)5-10-17-11-14(6-7-14)8-9-16/h1-4,17H,5-8,10-11H2. The first-order chi connectivity index (χ1) is 8.24. The number of halogens is 1. The molecule has 0 aromatic heterocycles. The highest BCUT2D eigenvalue weighted by molar-refractivity contribution is 5.16. The summed E-state index contributed by atoms with van der Waals surface area (Å²) in [6.45, 7) is 1.82. The third-order valence-electron chi connectivity index (χ3n) is 3.41. The number of hydrogen-bond acceptors (Lipinski definition) is 2. The van der Waals surface area contributed by atoms with Crippen LogP contribution >= 0.6 is 0 Å². The van der Waals surface area contributed by atoms with Crippen molar-refractivity contribution >= 4 is 0 Å². The van der Waals surface area contributed by atoms with Crippen molar-refractivity contribution < 1.29 is 4.39 Å². The Balaban J connectivity index is 1.67. The number of nitriles is 1. The number of hydrogen-bond donors (Lipinski definition) is 1. The van der Waals surface area contributed by atoms with E-state index in [1.54, 1.807) is 0 Å². The van der Waals surface area contributed by atoms with Gasteiger partial charge in [0.1, 0.15) is 5.82 Å². The van der Waals surface area contributed by atoms with Gasteiger partial charge in [-0.25, -0.2) is 4.39 Å². The minimum Gasteiger partial charge on any atom is -0.316 e. The Bertz CT molecular complexity index is 401. The van der Waals surface area contributed by atoms with Crippen LogP contribution in [-0.2, 0) is 6.42 Å². The quantitative estimate of drug-likeness (QED) is 0.765. The van der Waals surface area contributed by atoms with Crippen LogP contribution in [0.5, 0.6) is 0 Å². The molecule has 0 heterocycles. The molecule has 3 heteroatoms. The Labute approximate surface area is 101 Å². The predicted octanol–water partition coefficient (Wildman–Crippen LogP) is 2.65. The normalized spacial score (nSPS) is 16.5. The second kappa shape index (κ2) is 5.29. The molecule has 1 aromatic rings. The predicted molar refractivity (Wildman–Crippen MR) is 64.9 cm³/mol. The molecule has 0 spiro atoms. The van der Waals surface area contributed by atoms with Crippen LogP contribution in [0.2, 0.25) is 0 Å². The lowest BCUT2D eigenvalue weighted by molar-refractivity contribution is 0.469. The largest absolute Gasteiger partial charge is 0.316 e. The Morgan fingerprint density at radius 1 is 1.29 bits per heavy atom. The molecule has 1 aromatic carbocycles. The number of nitrogens with one attached hydrogen (secondary N) is 1. The lowest BCUT2D eigenvalue weighted by Crippen LogP contribution is -2.25. The number of benzene rings is 1. The van der Waals surface area contributed by atoms with Crippen LogP contribution in [-0.4, -0.2) is 13.1 Å². The van der Waals surface area contributed by atoms with Gasteiger partial charge in [0.05, 0.1) is 6.07 Å². The fraction of sp³-hybridized carbons (Fsp3) is 0.500. The van der Waals surface area contributed by atoms with E-state index in [4.69, 9.17) is 5.26 Å². The van der Waals surface area contributed by atoms with Crippen LogP contribution in [0.3, 0.4) is 0 Å². The average molecular weight is 232 g/mol. The molecule has 0 bridgehead atoms. The Morgan fingerprint density at radius 3 is 2.59 bits per heavy atom. The van der Waals surface area contributed by atoms with Crippen LogP contribution in [0, 0.1) is 22.6 Å². The van der Waals surface area contributed by atoms with Gasteiger partial charge in [0, 0.05) is 13.0 Å². The molecule has 2 rings (SSSR count). The van der Waals surface area contributed by atoms with Gasteiger partial charge in [-0.15, -0.1) is 0 Å². The van der Waals surface area contributed by atoms with E-state index in [-0.39, 0.29) is 11.2 Å². The van der Waals surface area contributed by atoms with Gasteiger partial charge >= 0.3 is 0 Å². The van der Waals surface area contributed by atoms with Gasteiger partial charge in [0.15, 0.2) is 0 Å². The third-order valence-corrected chi connectivity index (χ3v) is 3.41. The average Bonchev–Trinajstić information content (AvgIpc) is 3.08. The first-order valence-electron chi connectivity index (χ1n) is 6.06. The maximum Gasteiger partial charge on any atom is 0.123 e. The fourth-order valence-electron chi connectivity index (χ4n) is 2.00. The van der Waals surface area contributed by atoms with Gasteiger partial charge in [-0.05, 0) is 48.9 Å². The Morgan fingerprint density at radius 2 is 2.00 bits per heavy atom. The van der Waals surface area contributed by atoms with Crippen LogP contribution in [0.4, 0.5) is 4.39 Å². The van der Waals surface area contributed by atoms with Gasteiger partial charge in [0.2, 0.25) is 0 Å². The molecular formula is C14H17FN2. The van der Waals surface area contributed by atoms with Crippen LogP contribution in [0.25, 0.3) is 0 Å². The zero-order valence-electron chi connectivity index (χ0n) is 9.88. The molecule has 0 atom stereocenters. The van der Waals surface area contributed by atoms with Crippen LogP contribution < -0.4 is 5.32 Å². The molecular weight excluding hydrogens is 215 g/mol. The summed E-state index contributed by atoms with van der Waals surface area (Å²) in [5.41, 5.74) is 1.40. The number of rotatable bonds is 6. The minimum atomic E-state index is -0.187. The summed E-state index contributed by atoms with van der Waals surface area (Å²) in [4.78, 5) is 0. The summed E-state index contributed by atoms with van der Waals surface area (Å²) < 4.78 is 12.7. The molecule has 1 N–H and O–H groups in total. The van der Waals surface area contributed by atoms with Crippen molar-refractivity contribution in [3.05, 3.63) is 35.6 Å². The van der Waals surface area contributed by atoms with Crippen molar-refractivity contribution in [2.45, 2.75) is 25.7 Å². The summed E-state index contributed by atoms with van der Waals surface area (Å²) in [5.74, 6) is -0.187. The molecule has 1 saturated carbocycles. The zero-order chi connectivity index (χ0) is 12.1. The molecule has 1 fully saturated rings. The highest BCUT2D eigenvalue weighted by Gasteiger charge is 2.41. The highest BCUT2D eigenvalue weighted by atomic mass is 19.1. The van der Waals surface area contributed by atoms with E-state index in [0.717, 1.165) is 25.1 Å². The lowest BCUT2D eigenvalue weighted by Gasteiger charge is -2.12. The fourth-order valence-corrected chi connectivity index (χ4v) is 2.00. The molecule has 1 aliphatic carbocycles. The number of nitrogens with zero attached hydrogens (tertiary/aromatic N) is 1. The van der Waals surface area contributed by atoms with Crippen molar-refractivity contribution in [2.75, 3.05) is 13.1 Å². The van der Waals surface area contributed by atoms with Crippen molar-refractivity contribution in [3.8, 4) is 6.07 Å². The minimum absolute atomic E-state index is 0.187. The molecule has 2 nitrogen and oxygen atoms in total. The summed E-state index contributed by atoms with van der Waals surface area (Å²) in [7, 11) is 0. The third kappa shape index (κ3) is 3.54. The van der Waals surface area contributed by atoms with E-state index in [1.807, 2.05) is 12.1 Å². The van der Waals surface area contributed by atoms with Gasteiger partial charge in [0.25, 0.3) is 0 Å². The van der Waals surface area contributed by atoms with E-state index in [1.165, 1.54) is 25.0 Å². The zero-order valence-corrected chi connectivity index (χ0v) is 9.88. The lowest BCUT2D eigenvalue weighted by atomic mass is 10.0. The molecule has 0 amide bonds. The maximum atomic E-state index is 12.7. The van der Waals surface area contributed by atoms with Gasteiger partial charge in [-0.2, -0.15) is 5.26 Å². The van der Waals surface area contributed by atoms with Crippen molar-refractivity contribution in [1.82, 2.24) is 5.32 Å². The van der Waals surface area contributed by atoms with Crippen LogP contribution in [0.15, 0.2) is 24.3 Å². The molecule has 0 unspecified atom stereocenters. The Hall–Kier alpha value is -1.40. The van der Waals surface area contributed by atoms with E-state index in [2.05, 4.69) is 11.4 Å². The topological polar surface area (TPSA) is 35.8 Å². The molecule has 0 radical (unpaired) electrons. The second-order valence-electron chi connectivity index (χ2n) is 4.89. The summed E-state index contributed by atoms with van der Waals surface area (Å²) >= 11 is 0. The smallest absolute Gasteiger partial charge is 0.123 e. The van der Waals surface area contributed by atoms with E-state index >= 15 is 0 Å². The molecule has 1 aliphatic rings. The first-order valence-corrected chi connectivity index (χ1v) is 6.06. The highest BCUT2D eigenvalue weighted by Crippen LogP contribution is 2.47. The van der Waals surface area contributed by atoms with E-state index in [0.29, 0.717) is 6.42 Å². The Kier molecular flexibility index (Phi) is 3.75.